The topological polar surface area (TPSA) is 69.2 Å². The number of aromatic nitrogens is 4. The van der Waals surface area contributed by atoms with Crippen LogP contribution >= 0.6 is 11.6 Å². The molecule has 0 spiro atoms. The van der Waals surface area contributed by atoms with Crippen LogP contribution in [0.4, 0.5) is 11.6 Å². The van der Waals surface area contributed by atoms with Crippen molar-refractivity contribution in [3.05, 3.63) is 34.5 Å². The zero-order chi connectivity index (χ0) is 21.8. The lowest BCUT2D eigenvalue weighted by Gasteiger charge is -2.28. The lowest BCUT2D eigenvalue weighted by atomic mass is 9.80. The summed E-state index contributed by atoms with van der Waals surface area (Å²) in [6.07, 6.45) is 12.7. The highest BCUT2D eigenvalue weighted by Crippen LogP contribution is 2.37. The Morgan fingerprint density at radius 3 is 2.68 bits per heavy atom. The summed E-state index contributed by atoms with van der Waals surface area (Å²) in [5, 5.41) is 8.17. The molecule has 8 heteroatoms. The number of ether oxygens (including phenoxy) is 1. The molecule has 0 unspecified atom stereocenters. The second-order valence-corrected chi connectivity index (χ2v) is 9.36. The predicted molar refractivity (Wildman–Crippen MR) is 122 cm³/mol. The summed E-state index contributed by atoms with van der Waals surface area (Å²) in [4.78, 5) is 12.4. The minimum Gasteiger partial charge on any atom is -0.476 e. The Morgan fingerprint density at radius 2 is 1.97 bits per heavy atom. The van der Waals surface area contributed by atoms with E-state index in [2.05, 4.69) is 32.2 Å². The maximum absolute atomic E-state index is 7.13. The van der Waals surface area contributed by atoms with Gasteiger partial charge >= 0.3 is 0 Å². The van der Waals surface area contributed by atoms with Gasteiger partial charge in [0.15, 0.2) is 0 Å². The fourth-order valence-corrected chi connectivity index (χ4v) is 4.85. The van der Waals surface area contributed by atoms with Crippen LogP contribution in [0.3, 0.4) is 0 Å². The number of nitrogens with zero attached hydrogens (tertiary/aromatic N) is 5. The van der Waals surface area contributed by atoms with Crippen LogP contribution < -0.4 is 10.1 Å². The van der Waals surface area contributed by atoms with E-state index in [1.54, 1.807) is 12.4 Å². The Kier molecular flexibility index (Phi) is 6.96. The zero-order valence-electron chi connectivity index (χ0n) is 18.4. The summed E-state index contributed by atoms with van der Waals surface area (Å²) >= 11 is 6.29. The molecule has 2 aromatic heterocycles. The molecular weight excluding hydrogens is 412 g/mol. The summed E-state index contributed by atoms with van der Waals surface area (Å²) in [5.41, 5.74) is 1.87. The predicted octanol–water partition coefficient (Wildman–Crippen LogP) is 5.99. The fraction of sp³-hybridized carbons (Fsp3) is 0.652. The van der Waals surface area contributed by atoms with E-state index >= 15 is 0 Å². The lowest BCUT2D eigenvalue weighted by Crippen LogP contribution is -2.30. The molecular formula is C23H31ClN6O. The average Bonchev–Trinajstić information content (AvgIpc) is 3.09. The van der Waals surface area contributed by atoms with Gasteiger partial charge in [-0.1, -0.05) is 44.2 Å². The van der Waals surface area contributed by atoms with Crippen molar-refractivity contribution in [2.45, 2.75) is 77.3 Å². The molecule has 166 valence electrons. The van der Waals surface area contributed by atoms with E-state index < -0.39 is 0 Å². The SMILES string of the molecule is [C-]#[N+]C1CC(n2ncc(Nc3ncc(Cl)c(OCC4CCC(CCC)CC4)n3)c2C)C1. The molecule has 0 radical (unpaired) electrons. The van der Waals surface area contributed by atoms with E-state index in [0.717, 1.165) is 30.1 Å². The highest BCUT2D eigenvalue weighted by Gasteiger charge is 2.36. The van der Waals surface area contributed by atoms with Crippen LogP contribution in [-0.2, 0) is 0 Å². The van der Waals surface area contributed by atoms with Gasteiger partial charge < -0.3 is 14.9 Å². The van der Waals surface area contributed by atoms with Crippen LogP contribution in [-0.4, -0.2) is 32.4 Å². The summed E-state index contributed by atoms with van der Waals surface area (Å²) in [5.74, 6) is 2.33. The lowest BCUT2D eigenvalue weighted by molar-refractivity contribution is 0.174. The van der Waals surface area contributed by atoms with Crippen molar-refractivity contribution in [3.63, 3.8) is 0 Å². The molecule has 4 rings (SSSR count). The van der Waals surface area contributed by atoms with Crippen LogP contribution in [0, 0.1) is 25.3 Å². The molecule has 2 aliphatic rings. The van der Waals surface area contributed by atoms with Crippen LogP contribution in [0.2, 0.25) is 5.02 Å². The van der Waals surface area contributed by atoms with Gasteiger partial charge in [0.05, 0.1) is 36.4 Å². The van der Waals surface area contributed by atoms with Crippen molar-refractivity contribution in [2.75, 3.05) is 11.9 Å². The van der Waals surface area contributed by atoms with Gasteiger partial charge in [-0.25, -0.2) is 11.6 Å². The van der Waals surface area contributed by atoms with Crippen LogP contribution in [0.15, 0.2) is 12.4 Å². The first kappa shape index (κ1) is 21.9. The second-order valence-electron chi connectivity index (χ2n) is 8.95. The van der Waals surface area contributed by atoms with Crippen molar-refractivity contribution in [2.24, 2.45) is 11.8 Å². The van der Waals surface area contributed by atoms with Crippen LogP contribution in [0.1, 0.15) is 70.0 Å². The third-order valence-corrected chi connectivity index (χ3v) is 7.00. The summed E-state index contributed by atoms with van der Waals surface area (Å²) in [6.45, 7) is 12.1. The van der Waals surface area contributed by atoms with Gasteiger partial charge in [0, 0.05) is 12.8 Å². The molecule has 2 aliphatic carbocycles. The molecule has 0 saturated heterocycles. The van der Waals surface area contributed by atoms with Gasteiger partial charge in [0.1, 0.15) is 5.02 Å². The van der Waals surface area contributed by atoms with Crippen molar-refractivity contribution in [3.8, 4) is 5.88 Å². The molecule has 1 N–H and O–H groups in total. The number of anilines is 2. The van der Waals surface area contributed by atoms with Gasteiger partial charge in [0.25, 0.3) is 0 Å². The molecule has 7 nitrogen and oxygen atoms in total. The number of halogens is 1. The summed E-state index contributed by atoms with van der Waals surface area (Å²) in [6, 6.07) is 0.429. The minimum absolute atomic E-state index is 0.131. The Morgan fingerprint density at radius 1 is 1.23 bits per heavy atom. The Bertz CT molecular complexity index is 925. The molecule has 2 heterocycles. The number of nitrogens with one attached hydrogen (secondary N) is 1. The monoisotopic (exact) mass is 442 g/mol. The van der Waals surface area contributed by atoms with Crippen molar-refractivity contribution in [1.29, 1.82) is 0 Å². The van der Waals surface area contributed by atoms with E-state index in [9.17, 15) is 0 Å². The smallest absolute Gasteiger partial charge is 0.237 e. The Balaban J connectivity index is 1.34. The van der Waals surface area contributed by atoms with E-state index in [-0.39, 0.29) is 6.04 Å². The number of hydrogen-bond acceptors (Lipinski definition) is 5. The van der Waals surface area contributed by atoms with Crippen molar-refractivity contribution in [1.82, 2.24) is 19.7 Å². The Labute approximate surface area is 189 Å². The van der Waals surface area contributed by atoms with Gasteiger partial charge in [-0.05, 0) is 31.6 Å². The van der Waals surface area contributed by atoms with Crippen LogP contribution in [0.25, 0.3) is 4.85 Å². The molecule has 0 amide bonds. The number of hydrogen-bond donors (Lipinski definition) is 1. The molecule has 0 bridgehead atoms. The molecule has 2 fully saturated rings. The highest BCUT2D eigenvalue weighted by molar-refractivity contribution is 6.31. The molecule has 2 saturated carbocycles. The van der Waals surface area contributed by atoms with Crippen molar-refractivity contribution < 1.29 is 4.74 Å². The molecule has 0 aliphatic heterocycles. The largest absolute Gasteiger partial charge is 0.476 e. The second kappa shape index (κ2) is 9.86. The van der Waals surface area contributed by atoms with Gasteiger partial charge in [0.2, 0.25) is 17.9 Å². The third-order valence-electron chi connectivity index (χ3n) is 6.74. The van der Waals surface area contributed by atoms with E-state index in [1.807, 2.05) is 11.6 Å². The summed E-state index contributed by atoms with van der Waals surface area (Å²) in [7, 11) is 0. The molecule has 0 aromatic carbocycles. The highest BCUT2D eigenvalue weighted by atomic mass is 35.5. The van der Waals surface area contributed by atoms with E-state index in [1.165, 1.54) is 38.5 Å². The third kappa shape index (κ3) is 5.12. The first-order valence-corrected chi connectivity index (χ1v) is 11.8. The van der Waals surface area contributed by atoms with E-state index in [0.29, 0.717) is 35.4 Å². The first-order chi connectivity index (χ1) is 15.1. The average molecular weight is 443 g/mol. The minimum atomic E-state index is 0.131. The molecule has 31 heavy (non-hydrogen) atoms. The van der Waals surface area contributed by atoms with Gasteiger partial charge in [-0.15, -0.1) is 0 Å². The quantitative estimate of drug-likeness (QED) is 0.508. The summed E-state index contributed by atoms with van der Waals surface area (Å²) < 4.78 is 7.99. The Hall–Kier alpha value is -2.33. The maximum Gasteiger partial charge on any atom is 0.237 e. The normalized spacial score (nSPS) is 25.5. The fourth-order valence-electron chi connectivity index (χ4n) is 4.70. The number of rotatable bonds is 8. The first-order valence-electron chi connectivity index (χ1n) is 11.4. The molecule has 0 atom stereocenters. The standard InChI is InChI=1S/C23H31ClN6O/c1-4-5-16-6-8-17(9-7-16)14-31-22-20(24)12-26-23(29-22)28-21-13-27-30(15(21)2)19-10-18(11-19)25-3/h12-13,16-19H,4-11,14H2,1-2H3,(H,26,28,29). The maximum atomic E-state index is 7.13. The van der Waals surface area contributed by atoms with E-state index in [4.69, 9.17) is 22.9 Å². The van der Waals surface area contributed by atoms with Crippen LogP contribution in [0.5, 0.6) is 5.88 Å². The zero-order valence-corrected chi connectivity index (χ0v) is 19.1. The van der Waals surface area contributed by atoms with Crippen molar-refractivity contribution >= 4 is 23.2 Å². The van der Waals surface area contributed by atoms with Gasteiger partial charge in [-0.3, -0.25) is 4.68 Å². The van der Waals surface area contributed by atoms with Gasteiger partial charge in [-0.2, -0.15) is 10.1 Å². The molecule has 2 aromatic rings.